The lowest BCUT2D eigenvalue weighted by molar-refractivity contribution is -0.140. The van der Waals surface area contributed by atoms with Gasteiger partial charge in [-0.25, -0.2) is 0 Å². The molecule has 0 unspecified atom stereocenters. The van der Waals surface area contributed by atoms with E-state index in [-0.39, 0.29) is 23.3 Å². The lowest BCUT2D eigenvalue weighted by Crippen LogP contribution is -2.33. The van der Waals surface area contributed by atoms with E-state index in [4.69, 9.17) is 21.7 Å². The maximum Gasteiger partial charge on any atom is 0.325 e. The molecule has 1 amide bonds. The fourth-order valence-corrected chi connectivity index (χ4v) is 3.23. The van der Waals surface area contributed by atoms with E-state index in [1.807, 2.05) is 6.92 Å². The van der Waals surface area contributed by atoms with Gasteiger partial charge in [0.25, 0.3) is 5.91 Å². The zero-order chi connectivity index (χ0) is 19.4. The molecular formula is C17H19BrN2O5S. The van der Waals surface area contributed by atoms with Gasteiger partial charge in [-0.3, -0.25) is 14.5 Å². The molecule has 0 bridgehead atoms. The fourth-order valence-electron chi connectivity index (χ4n) is 2.41. The van der Waals surface area contributed by atoms with Crippen LogP contribution in [-0.2, 0) is 14.3 Å². The molecule has 0 radical (unpaired) electrons. The molecule has 1 aromatic carbocycles. The Bertz CT molecular complexity index is 781. The van der Waals surface area contributed by atoms with Gasteiger partial charge in [0.15, 0.2) is 16.6 Å². The topological polar surface area (TPSA) is 68.3 Å². The summed E-state index contributed by atoms with van der Waals surface area (Å²) in [6.07, 6.45) is 1.64. The van der Waals surface area contributed by atoms with Crippen LogP contribution < -0.4 is 9.47 Å². The molecule has 1 aromatic rings. The number of rotatable bonds is 6. The first-order valence-corrected chi connectivity index (χ1v) is 8.92. The number of nitrogens with zero attached hydrogens (tertiary/aromatic N) is 2. The number of likely N-dealkylation sites (N-methyl/N-ethyl adjacent to an activating group) is 1. The van der Waals surface area contributed by atoms with Gasteiger partial charge in [0.1, 0.15) is 12.2 Å². The Morgan fingerprint density at radius 3 is 2.62 bits per heavy atom. The smallest absolute Gasteiger partial charge is 0.325 e. The summed E-state index contributed by atoms with van der Waals surface area (Å²) >= 11 is 8.71. The molecule has 1 heterocycles. The Morgan fingerprint density at radius 1 is 1.35 bits per heavy atom. The van der Waals surface area contributed by atoms with Crippen LogP contribution in [0.25, 0.3) is 6.08 Å². The van der Waals surface area contributed by atoms with Crippen molar-refractivity contribution in [3.8, 4) is 11.5 Å². The van der Waals surface area contributed by atoms with Crippen molar-refractivity contribution in [2.75, 3.05) is 34.4 Å². The van der Waals surface area contributed by atoms with Gasteiger partial charge >= 0.3 is 5.97 Å². The predicted octanol–water partition coefficient (Wildman–Crippen LogP) is 2.43. The van der Waals surface area contributed by atoms with Crippen molar-refractivity contribution in [2.24, 2.45) is 0 Å². The number of ether oxygens (including phenoxy) is 3. The van der Waals surface area contributed by atoms with Crippen LogP contribution in [0, 0.1) is 0 Å². The number of amides is 1. The van der Waals surface area contributed by atoms with Crippen molar-refractivity contribution in [1.29, 1.82) is 0 Å². The minimum Gasteiger partial charge on any atom is -0.493 e. The van der Waals surface area contributed by atoms with Crippen LogP contribution in [0.15, 0.2) is 22.3 Å². The summed E-state index contributed by atoms with van der Waals surface area (Å²) in [7, 11) is 4.38. The second-order valence-corrected chi connectivity index (χ2v) is 6.53. The lowest BCUT2D eigenvalue weighted by atomic mass is 10.1. The Hall–Kier alpha value is -2.13. The highest BCUT2D eigenvalue weighted by atomic mass is 79.9. The zero-order valence-electron chi connectivity index (χ0n) is 14.9. The number of benzene rings is 1. The van der Waals surface area contributed by atoms with Crippen LogP contribution in [0.3, 0.4) is 0 Å². The number of carbonyl (C=O) groups excluding carboxylic acids is 2. The highest BCUT2D eigenvalue weighted by Crippen LogP contribution is 2.37. The van der Waals surface area contributed by atoms with Crippen LogP contribution in [0.4, 0.5) is 0 Å². The summed E-state index contributed by atoms with van der Waals surface area (Å²) in [6, 6.07) is 3.54. The lowest BCUT2D eigenvalue weighted by Gasteiger charge is -2.17. The van der Waals surface area contributed by atoms with E-state index >= 15 is 0 Å². The van der Waals surface area contributed by atoms with E-state index in [1.165, 1.54) is 24.0 Å². The zero-order valence-corrected chi connectivity index (χ0v) is 17.3. The van der Waals surface area contributed by atoms with Crippen LogP contribution in [0.5, 0.6) is 11.5 Å². The van der Waals surface area contributed by atoms with Gasteiger partial charge in [0.2, 0.25) is 0 Å². The summed E-state index contributed by atoms with van der Waals surface area (Å²) in [5.74, 6) is 0.303. The van der Waals surface area contributed by atoms with E-state index in [0.29, 0.717) is 28.1 Å². The second-order valence-electron chi connectivity index (χ2n) is 5.31. The van der Waals surface area contributed by atoms with E-state index in [2.05, 4.69) is 20.7 Å². The summed E-state index contributed by atoms with van der Waals surface area (Å²) < 4.78 is 16.3. The number of thiocarbonyl (C=S) groups is 1. The van der Waals surface area contributed by atoms with Crippen molar-refractivity contribution >= 4 is 51.2 Å². The second kappa shape index (κ2) is 8.50. The van der Waals surface area contributed by atoms with Crippen LogP contribution in [-0.4, -0.2) is 61.2 Å². The quantitative estimate of drug-likeness (QED) is 0.380. The molecule has 0 aromatic heterocycles. The molecule has 0 atom stereocenters. The molecule has 26 heavy (non-hydrogen) atoms. The molecule has 1 saturated heterocycles. The molecule has 140 valence electrons. The van der Waals surface area contributed by atoms with Crippen molar-refractivity contribution in [1.82, 2.24) is 9.80 Å². The summed E-state index contributed by atoms with van der Waals surface area (Å²) in [5, 5.41) is 0.239. The van der Waals surface area contributed by atoms with E-state index < -0.39 is 5.97 Å². The van der Waals surface area contributed by atoms with Gasteiger partial charge in [0, 0.05) is 7.05 Å². The van der Waals surface area contributed by atoms with Gasteiger partial charge in [-0.1, -0.05) is 0 Å². The van der Waals surface area contributed by atoms with Gasteiger partial charge in [-0.05, 0) is 58.8 Å². The molecule has 2 rings (SSSR count). The third-order valence-corrected chi connectivity index (χ3v) is 4.77. The fraction of sp³-hybridized carbons (Fsp3) is 0.353. The number of hydrogen-bond acceptors (Lipinski definition) is 6. The first-order chi connectivity index (χ1) is 12.3. The number of carbonyl (C=O) groups is 2. The molecule has 1 aliphatic heterocycles. The Morgan fingerprint density at radius 2 is 2.04 bits per heavy atom. The van der Waals surface area contributed by atoms with Crippen molar-refractivity contribution < 1.29 is 23.8 Å². The SMILES string of the molecule is CCOc1c(Br)cc(/C=C2/C(=O)N(C)C(=S)N2CC(=O)OC)cc1OC. The normalized spacial score (nSPS) is 15.7. The molecule has 0 aliphatic carbocycles. The van der Waals surface area contributed by atoms with E-state index in [0.717, 1.165) is 0 Å². The first kappa shape index (κ1) is 20.2. The third kappa shape index (κ3) is 3.99. The number of hydrogen-bond donors (Lipinski definition) is 0. The highest BCUT2D eigenvalue weighted by Gasteiger charge is 2.36. The number of methoxy groups -OCH3 is 2. The van der Waals surface area contributed by atoms with Crippen LogP contribution in [0.1, 0.15) is 12.5 Å². The summed E-state index contributed by atoms with van der Waals surface area (Å²) in [4.78, 5) is 26.9. The monoisotopic (exact) mass is 442 g/mol. The Kier molecular flexibility index (Phi) is 6.60. The minimum atomic E-state index is -0.494. The van der Waals surface area contributed by atoms with Gasteiger partial charge < -0.3 is 19.1 Å². The third-order valence-electron chi connectivity index (χ3n) is 3.69. The predicted molar refractivity (Wildman–Crippen MR) is 104 cm³/mol. The standard InChI is InChI=1S/C17H19BrN2O5S/c1-5-25-15-11(18)6-10(8-13(15)23-3)7-12-16(22)19(2)17(26)20(12)9-14(21)24-4/h6-8H,5,9H2,1-4H3/b12-7-. The first-order valence-electron chi connectivity index (χ1n) is 7.72. The maximum absolute atomic E-state index is 12.5. The molecule has 0 spiro atoms. The van der Waals surface area contributed by atoms with E-state index in [9.17, 15) is 9.59 Å². The van der Waals surface area contributed by atoms with Crippen LogP contribution >= 0.6 is 28.1 Å². The van der Waals surface area contributed by atoms with Crippen molar-refractivity contribution in [3.05, 3.63) is 27.9 Å². The maximum atomic E-state index is 12.5. The van der Waals surface area contributed by atoms with Gasteiger partial charge in [0.05, 0.1) is 25.3 Å². The van der Waals surface area contributed by atoms with Crippen molar-refractivity contribution in [3.63, 3.8) is 0 Å². The molecular weight excluding hydrogens is 424 g/mol. The minimum absolute atomic E-state index is 0.146. The largest absolute Gasteiger partial charge is 0.493 e. The average Bonchev–Trinajstić information content (AvgIpc) is 2.81. The average molecular weight is 443 g/mol. The van der Waals surface area contributed by atoms with Gasteiger partial charge in [-0.2, -0.15) is 0 Å². The molecule has 9 heteroatoms. The Balaban J connectivity index is 2.48. The van der Waals surface area contributed by atoms with Gasteiger partial charge in [-0.15, -0.1) is 0 Å². The Labute approximate surface area is 165 Å². The number of halogens is 1. The number of esters is 1. The molecule has 7 nitrogen and oxygen atoms in total. The van der Waals surface area contributed by atoms with Crippen LogP contribution in [0.2, 0.25) is 0 Å². The highest BCUT2D eigenvalue weighted by molar-refractivity contribution is 9.10. The van der Waals surface area contributed by atoms with Crippen molar-refractivity contribution in [2.45, 2.75) is 6.92 Å². The molecule has 1 fully saturated rings. The molecule has 0 N–H and O–H groups in total. The summed E-state index contributed by atoms with van der Waals surface area (Å²) in [6.45, 7) is 2.22. The molecule has 1 aliphatic rings. The molecule has 0 saturated carbocycles. The van der Waals surface area contributed by atoms with E-state index in [1.54, 1.807) is 25.3 Å². The summed E-state index contributed by atoms with van der Waals surface area (Å²) in [5.41, 5.74) is 0.967.